The molecule has 0 bridgehead atoms. The lowest BCUT2D eigenvalue weighted by atomic mass is 10.1. The second-order valence-electron chi connectivity index (χ2n) is 5.82. The van der Waals surface area contributed by atoms with Gasteiger partial charge < -0.3 is 9.64 Å². The molecule has 6 nitrogen and oxygen atoms in total. The topological polar surface area (TPSA) is 66.9 Å². The van der Waals surface area contributed by atoms with Crippen molar-refractivity contribution in [2.75, 3.05) is 30.8 Å². The quantitative estimate of drug-likeness (QED) is 0.820. The minimum Gasteiger partial charge on any atom is -0.497 e. The molecule has 1 unspecified atom stereocenters. The van der Waals surface area contributed by atoms with E-state index in [0.717, 1.165) is 25.5 Å². The Morgan fingerprint density at radius 2 is 1.91 bits per heavy atom. The number of carbonyl (C=O) groups excluding carboxylic acids is 1. The number of piperidine rings is 1. The number of benzene rings is 1. The molecule has 1 fully saturated rings. The molecule has 1 amide bonds. The molecular formula is C16H24N2O4S. The number of rotatable bonds is 5. The molecule has 128 valence electrons. The molecule has 1 heterocycles. The van der Waals surface area contributed by atoms with E-state index in [0.29, 0.717) is 24.5 Å². The summed E-state index contributed by atoms with van der Waals surface area (Å²) >= 11 is 0. The number of amides is 1. The Morgan fingerprint density at radius 1 is 1.26 bits per heavy atom. The van der Waals surface area contributed by atoms with Gasteiger partial charge in [0, 0.05) is 19.2 Å². The second kappa shape index (κ2) is 7.21. The normalized spacial score (nSPS) is 16.7. The van der Waals surface area contributed by atoms with Crippen LogP contribution in [0.25, 0.3) is 0 Å². The van der Waals surface area contributed by atoms with Crippen molar-refractivity contribution < 1.29 is 17.9 Å². The van der Waals surface area contributed by atoms with Gasteiger partial charge in [-0.1, -0.05) is 6.07 Å². The van der Waals surface area contributed by atoms with E-state index in [-0.39, 0.29) is 5.91 Å². The largest absolute Gasteiger partial charge is 0.497 e. The zero-order chi connectivity index (χ0) is 17.0. The average Bonchev–Trinajstić information content (AvgIpc) is 2.54. The fourth-order valence-corrected chi connectivity index (χ4v) is 4.09. The number of sulfonamides is 1. The molecule has 0 radical (unpaired) electrons. The van der Waals surface area contributed by atoms with Crippen LogP contribution >= 0.6 is 0 Å². The first-order valence-corrected chi connectivity index (χ1v) is 9.61. The number of carbonyl (C=O) groups is 1. The predicted octanol–water partition coefficient (Wildman–Crippen LogP) is 1.86. The summed E-state index contributed by atoms with van der Waals surface area (Å²) < 4.78 is 30.9. The van der Waals surface area contributed by atoms with Crippen molar-refractivity contribution in [3.05, 3.63) is 24.3 Å². The van der Waals surface area contributed by atoms with Crippen LogP contribution in [-0.2, 0) is 14.8 Å². The zero-order valence-corrected chi connectivity index (χ0v) is 14.7. The van der Waals surface area contributed by atoms with Gasteiger partial charge in [-0.05, 0) is 38.3 Å². The highest BCUT2D eigenvalue weighted by Crippen LogP contribution is 2.26. The van der Waals surface area contributed by atoms with Gasteiger partial charge in [0.2, 0.25) is 15.9 Å². The van der Waals surface area contributed by atoms with Gasteiger partial charge in [-0.2, -0.15) is 0 Å². The fraction of sp³-hybridized carbons (Fsp3) is 0.562. The Kier molecular flexibility index (Phi) is 5.51. The molecule has 0 N–H and O–H groups in total. The first-order valence-electron chi connectivity index (χ1n) is 7.77. The Morgan fingerprint density at radius 3 is 2.48 bits per heavy atom. The van der Waals surface area contributed by atoms with E-state index in [1.165, 1.54) is 11.4 Å². The van der Waals surface area contributed by atoms with Gasteiger partial charge in [0.05, 0.1) is 19.1 Å². The van der Waals surface area contributed by atoms with Crippen LogP contribution in [0.4, 0.5) is 5.69 Å². The summed E-state index contributed by atoms with van der Waals surface area (Å²) in [6, 6.07) is 5.96. The second-order valence-corrected chi connectivity index (χ2v) is 7.68. The summed E-state index contributed by atoms with van der Waals surface area (Å²) in [6.07, 6.45) is 4.17. The number of anilines is 1. The Labute approximate surface area is 138 Å². The lowest BCUT2D eigenvalue weighted by Gasteiger charge is -2.34. The average molecular weight is 340 g/mol. The van der Waals surface area contributed by atoms with Crippen molar-refractivity contribution in [3.8, 4) is 5.75 Å². The third-order valence-electron chi connectivity index (χ3n) is 4.04. The smallest absolute Gasteiger partial charge is 0.246 e. The molecule has 1 aliphatic rings. The molecule has 23 heavy (non-hydrogen) atoms. The number of methoxy groups -OCH3 is 1. The fourth-order valence-electron chi connectivity index (χ4n) is 2.93. The Bertz CT molecular complexity index is 654. The molecule has 1 aromatic carbocycles. The number of likely N-dealkylation sites (tertiary alicyclic amines) is 1. The maximum absolute atomic E-state index is 12.7. The lowest BCUT2D eigenvalue weighted by Crippen LogP contribution is -2.50. The summed E-state index contributed by atoms with van der Waals surface area (Å²) in [5.74, 6) is 0.395. The highest BCUT2D eigenvalue weighted by Gasteiger charge is 2.32. The Hall–Kier alpha value is -1.76. The van der Waals surface area contributed by atoms with Crippen molar-refractivity contribution in [1.82, 2.24) is 4.90 Å². The zero-order valence-electron chi connectivity index (χ0n) is 13.9. The molecule has 0 saturated carbocycles. The molecule has 1 aromatic rings. The van der Waals surface area contributed by atoms with Crippen LogP contribution in [0.5, 0.6) is 5.75 Å². The maximum Gasteiger partial charge on any atom is 0.246 e. The summed E-state index contributed by atoms with van der Waals surface area (Å²) in [5.41, 5.74) is 0.435. The van der Waals surface area contributed by atoms with E-state index in [2.05, 4.69) is 0 Å². The third kappa shape index (κ3) is 4.16. The third-order valence-corrected chi connectivity index (χ3v) is 5.28. The first kappa shape index (κ1) is 17.6. The van der Waals surface area contributed by atoms with E-state index in [1.807, 2.05) is 0 Å². The SMILES string of the molecule is COc1cccc(N(C(C)C(=O)N2CCCCC2)S(C)(=O)=O)c1. The van der Waals surface area contributed by atoms with Gasteiger partial charge in [-0.25, -0.2) is 8.42 Å². The van der Waals surface area contributed by atoms with Crippen LogP contribution < -0.4 is 9.04 Å². The molecular weight excluding hydrogens is 316 g/mol. The number of hydrogen-bond donors (Lipinski definition) is 0. The van der Waals surface area contributed by atoms with E-state index >= 15 is 0 Å². The van der Waals surface area contributed by atoms with Crippen LogP contribution in [0.3, 0.4) is 0 Å². The maximum atomic E-state index is 12.7. The van der Waals surface area contributed by atoms with E-state index in [9.17, 15) is 13.2 Å². The van der Waals surface area contributed by atoms with Crippen LogP contribution in [0.15, 0.2) is 24.3 Å². The number of nitrogens with zero attached hydrogens (tertiary/aromatic N) is 2. The van der Waals surface area contributed by atoms with E-state index in [1.54, 1.807) is 36.1 Å². The van der Waals surface area contributed by atoms with Gasteiger partial charge in [0.15, 0.2) is 0 Å². The van der Waals surface area contributed by atoms with Crippen LogP contribution in [0.2, 0.25) is 0 Å². The van der Waals surface area contributed by atoms with Gasteiger partial charge in [0.1, 0.15) is 11.8 Å². The van der Waals surface area contributed by atoms with E-state index < -0.39 is 16.1 Å². The minimum atomic E-state index is -3.60. The molecule has 1 saturated heterocycles. The standard InChI is InChI=1S/C16H24N2O4S/c1-13(16(19)17-10-5-4-6-11-17)18(23(3,20)21)14-8-7-9-15(12-14)22-2/h7-9,12-13H,4-6,10-11H2,1-3H3. The molecule has 1 aliphatic heterocycles. The highest BCUT2D eigenvalue weighted by atomic mass is 32.2. The molecule has 2 rings (SSSR count). The van der Waals surface area contributed by atoms with Gasteiger partial charge >= 0.3 is 0 Å². The van der Waals surface area contributed by atoms with Crippen molar-refractivity contribution in [1.29, 1.82) is 0 Å². The van der Waals surface area contributed by atoms with Crippen molar-refractivity contribution in [2.24, 2.45) is 0 Å². The van der Waals surface area contributed by atoms with Gasteiger partial charge in [-0.3, -0.25) is 9.10 Å². The molecule has 0 aliphatic carbocycles. The summed E-state index contributed by atoms with van der Waals surface area (Å²) in [4.78, 5) is 14.5. The monoisotopic (exact) mass is 340 g/mol. The van der Waals surface area contributed by atoms with Crippen molar-refractivity contribution in [2.45, 2.75) is 32.2 Å². The van der Waals surface area contributed by atoms with Crippen molar-refractivity contribution >= 4 is 21.6 Å². The number of ether oxygens (including phenoxy) is 1. The minimum absolute atomic E-state index is 0.155. The summed E-state index contributed by atoms with van der Waals surface area (Å²) in [7, 11) is -2.08. The summed E-state index contributed by atoms with van der Waals surface area (Å²) in [5, 5.41) is 0. The van der Waals surface area contributed by atoms with Gasteiger partial charge in [0.25, 0.3) is 0 Å². The summed E-state index contributed by atoms with van der Waals surface area (Å²) in [6.45, 7) is 3.02. The van der Waals surface area contributed by atoms with Crippen molar-refractivity contribution in [3.63, 3.8) is 0 Å². The molecule has 0 aromatic heterocycles. The van der Waals surface area contributed by atoms with Crippen LogP contribution in [-0.4, -0.2) is 51.7 Å². The van der Waals surface area contributed by atoms with E-state index in [4.69, 9.17) is 4.74 Å². The molecule has 1 atom stereocenters. The molecule has 0 spiro atoms. The van der Waals surface area contributed by atoms with Crippen LogP contribution in [0, 0.1) is 0 Å². The molecule has 7 heteroatoms. The van der Waals surface area contributed by atoms with Gasteiger partial charge in [-0.15, -0.1) is 0 Å². The highest BCUT2D eigenvalue weighted by molar-refractivity contribution is 7.92. The van der Waals surface area contributed by atoms with Crippen LogP contribution in [0.1, 0.15) is 26.2 Å². The lowest BCUT2D eigenvalue weighted by molar-refractivity contribution is -0.132. The number of hydrogen-bond acceptors (Lipinski definition) is 4. The first-order chi connectivity index (χ1) is 10.8. The predicted molar refractivity (Wildman–Crippen MR) is 90.2 cm³/mol. The Balaban J connectivity index is 2.32.